The van der Waals surface area contributed by atoms with Crippen LogP contribution >= 0.6 is 0 Å². The molecule has 3 atom stereocenters. The molecule has 1 aliphatic rings. The van der Waals surface area contributed by atoms with Gasteiger partial charge in [-0.1, -0.05) is 13.3 Å². The van der Waals surface area contributed by atoms with Crippen molar-refractivity contribution in [2.24, 2.45) is 18.9 Å². The molecule has 0 radical (unpaired) electrons. The Hall–Kier alpha value is -4.01. The zero-order valence-corrected chi connectivity index (χ0v) is 19.2. The quantitative estimate of drug-likeness (QED) is 0.387. The van der Waals surface area contributed by atoms with Crippen molar-refractivity contribution in [3.05, 3.63) is 60.3 Å². The molecule has 9 heteroatoms. The van der Waals surface area contributed by atoms with Crippen LogP contribution < -0.4 is 16.8 Å². The minimum Gasteiger partial charge on any atom is -0.397 e. The smallest absolute Gasteiger partial charge is 0.229 e. The van der Waals surface area contributed by atoms with Crippen molar-refractivity contribution in [3.63, 3.8) is 0 Å². The number of imidazole rings is 1. The Balaban J connectivity index is 1.47. The second-order valence-corrected chi connectivity index (χ2v) is 8.89. The van der Waals surface area contributed by atoms with E-state index in [0.29, 0.717) is 33.4 Å². The lowest BCUT2D eigenvalue weighted by atomic mass is 9.97. The summed E-state index contributed by atoms with van der Waals surface area (Å²) < 4.78 is 17.1. The molecule has 1 amide bonds. The summed E-state index contributed by atoms with van der Waals surface area (Å²) in [6.07, 6.45) is 9.04. The molecule has 1 fully saturated rings. The number of aryl methyl sites for hydroxylation is 1. The topological polar surface area (TPSA) is 125 Å². The van der Waals surface area contributed by atoms with Gasteiger partial charge in [-0.15, -0.1) is 0 Å². The fourth-order valence-electron chi connectivity index (χ4n) is 4.92. The monoisotopic (exact) mass is 459 g/mol. The van der Waals surface area contributed by atoms with Crippen molar-refractivity contribution in [1.82, 2.24) is 19.5 Å². The van der Waals surface area contributed by atoms with Crippen LogP contribution in [0.4, 0.5) is 21.6 Å². The summed E-state index contributed by atoms with van der Waals surface area (Å²) in [6.45, 7) is 3.89. The Bertz CT molecular complexity index is 1430. The van der Waals surface area contributed by atoms with Crippen molar-refractivity contribution >= 4 is 33.9 Å². The van der Waals surface area contributed by atoms with Gasteiger partial charge in [0.2, 0.25) is 5.91 Å². The van der Waals surface area contributed by atoms with Crippen LogP contribution in [0, 0.1) is 24.6 Å². The Kier molecular flexibility index (Phi) is 5.19. The number of carbonyl (C=O) groups excluding carboxylic acids is 1. The van der Waals surface area contributed by atoms with E-state index in [1.807, 2.05) is 24.7 Å². The van der Waals surface area contributed by atoms with Crippen LogP contribution in [-0.4, -0.2) is 25.4 Å². The largest absolute Gasteiger partial charge is 0.397 e. The van der Waals surface area contributed by atoms with Crippen LogP contribution in [0.3, 0.4) is 0 Å². The Morgan fingerprint density at radius 2 is 1.94 bits per heavy atom. The SMILES string of the molecule is CC[C@@H]1[C@H](C(=O)Nc2cc3cc(-c4cncc(N)c4C)c(F)c(N)c3cn2)[C@H]1c1cncn1C. The molecule has 4 aromatic rings. The highest BCUT2D eigenvalue weighted by molar-refractivity contribution is 6.01. The second-order valence-electron chi connectivity index (χ2n) is 8.89. The third-order valence-electron chi connectivity index (χ3n) is 6.93. The molecule has 8 nitrogen and oxygen atoms in total. The highest BCUT2D eigenvalue weighted by Gasteiger charge is 2.55. The molecule has 34 heavy (non-hydrogen) atoms. The number of hydrogen-bond donors (Lipinski definition) is 3. The van der Waals surface area contributed by atoms with Crippen molar-refractivity contribution in [2.75, 3.05) is 16.8 Å². The van der Waals surface area contributed by atoms with Gasteiger partial charge in [-0.05, 0) is 35.9 Å². The van der Waals surface area contributed by atoms with Gasteiger partial charge < -0.3 is 21.4 Å². The molecule has 0 spiro atoms. The normalized spacial score (nSPS) is 19.4. The molecule has 0 unspecified atom stereocenters. The van der Waals surface area contributed by atoms with Gasteiger partial charge in [0.1, 0.15) is 5.82 Å². The number of carbonyl (C=O) groups is 1. The lowest BCUT2D eigenvalue weighted by Crippen LogP contribution is -2.16. The van der Waals surface area contributed by atoms with Gasteiger partial charge in [0.15, 0.2) is 5.82 Å². The number of aromatic nitrogens is 4. The highest BCUT2D eigenvalue weighted by Crippen LogP contribution is 2.56. The van der Waals surface area contributed by atoms with Crippen LogP contribution in [0.15, 0.2) is 43.2 Å². The number of amides is 1. The zero-order chi connectivity index (χ0) is 24.1. The number of nitrogen functional groups attached to an aromatic ring is 2. The Labute approximate surface area is 196 Å². The first-order valence-corrected chi connectivity index (χ1v) is 11.2. The molecule has 5 N–H and O–H groups in total. The molecule has 0 aliphatic heterocycles. The predicted molar refractivity (Wildman–Crippen MR) is 130 cm³/mol. The lowest BCUT2D eigenvalue weighted by Gasteiger charge is -2.13. The first-order chi connectivity index (χ1) is 16.3. The maximum absolute atomic E-state index is 15.1. The molecule has 1 aromatic carbocycles. The summed E-state index contributed by atoms with van der Waals surface area (Å²) in [5.41, 5.74) is 15.2. The summed E-state index contributed by atoms with van der Waals surface area (Å²) in [4.78, 5) is 25.7. The lowest BCUT2D eigenvalue weighted by molar-refractivity contribution is -0.117. The molecule has 3 aromatic heterocycles. The van der Waals surface area contributed by atoms with Crippen LogP contribution in [0.5, 0.6) is 0 Å². The van der Waals surface area contributed by atoms with Crippen molar-refractivity contribution in [2.45, 2.75) is 26.2 Å². The number of anilines is 3. The maximum atomic E-state index is 15.1. The number of halogens is 1. The molecule has 5 rings (SSSR count). The van der Waals surface area contributed by atoms with Crippen molar-refractivity contribution < 1.29 is 9.18 Å². The minimum atomic E-state index is -0.552. The van der Waals surface area contributed by atoms with Gasteiger partial charge in [0, 0.05) is 53.8 Å². The molecule has 1 saturated carbocycles. The predicted octanol–water partition coefficient (Wildman–Crippen LogP) is 4.02. The standard InChI is InChI=1S/C25H26FN7O/c1-4-14-21(19-10-30-11-33(19)3)22(14)25(34)32-20-6-13-5-15(16-7-29-9-18(27)12(16)2)23(26)24(28)17(13)8-31-20/h5-11,14,21-22H,4,27-28H2,1-3H3,(H,31,32,34)/t14-,21+,22-/m0/s1. The summed E-state index contributed by atoms with van der Waals surface area (Å²) >= 11 is 0. The first-order valence-electron chi connectivity index (χ1n) is 11.2. The van der Waals surface area contributed by atoms with E-state index >= 15 is 4.39 Å². The molecule has 1 aliphatic carbocycles. The highest BCUT2D eigenvalue weighted by atomic mass is 19.1. The number of nitrogens with two attached hydrogens (primary N) is 2. The van der Waals surface area contributed by atoms with E-state index in [0.717, 1.165) is 17.7 Å². The van der Waals surface area contributed by atoms with Crippen LogP contribution in [0.25, 0.3) is 21.9 Å². The number of hydrogen-bond acceptors (Lipinski definition) is 6. The fraction of sp³-hybridized carbons (Fsp3) is 0.280. The number of pyridine rings is 2. The maximum Gasteiger partial charge on any atom is 0.229 e. The number of nitrogens with zero attached hydrogens (tertiary/aromatic N) is 4. The summed E-state index contributed by atoms with van der Waals surface area (Å²) in [5.74, 6) is -0.00450. The van der Waals surface area contributed by atoms with Gasteiger partial charge >= 0.3 is 0 Å². The summed E-state index contributed by atoms with van der Waals surface area (Å²) in [6, 6.07) is 3.40. The minimum absolute atomic E-state index is 0.00999. The van der Waals surface area contributed by atoms with E-state index in [1.165, 1.54) is 12.4 Å². The Morgan fingerprint density at radius 3 is 2.65 bits per heavy atom. The molecular weight excluding hydrogens is 433 g/mol. The molecule has 3 heterocycles. The van der Waals surface area contributed by atoms with E-state index in [4.69, 9.17) is 11.5 Å². The van der Waals surface area contributed by atoms with E-state index < -0.39 is 5.82 Å². The van der Waals surface area contributed by atoms with Gasteiger partial charge in [-0.2, -0.15) is 0 Å². The average molecular weight is 460 g/mol. The second kappa shape index (κ2) is 8.09. The molecule has 0 bridgehead atoms. The van der Waals surface area contributed by atoms with Crippen molar-refractivity contribution in [1.29, 1.82) is 0 Å². The van der Waals surface area contributed by atoms with Gasteiger partial charge in [0.25, 0.3) is 0 Å². The van der Waals surface area contributed by atoms with Gasteiger partial charge in [-0.3, -0.25) is 9.78 Å². The summed E-state index contributed by atoms with van der Waals surface area (Å²) in [5, 5.41) is 4.07. The van der Waals surface area contributed by atoms with E-state index in [1.54, 1.807) is 24.7 Å². The Morgan fingerprint density at radius 1 is 1.15 bits per heavy atom. The number of fused-ring (bicyclic) bond motifs is 1. The average Bonchev–Trinajstić information content (AvgIpc) is 3.40. The summed E-state index contributed by atoms with van der Waals surface area (Å²) in [7, 11) is 1.94. The van der Waals surface area contributed by atoms with Crippen LogP contribution in [0.2, 0.25) is 0 Å². The van der Waals surface area contributed by atoms with Gasteiger partial charge in [-0.25, -0.2) is 14.4 Å². The molecule has 0 saturated heterocycles. The van der Waals surface area contributed by atoms with E-state index in [2.05, 4.69) is 27.2 Å². The van der Waals surface area contributed by atoms with Gasteiger partial charge in [0.05, 0.1) is 29.8 Å². The number of nitrogens with one attached hydrogen (secondary N) is 1. The van der Waals surface area contributed by atoms with Crippen LogP contribution in [-0.2, 0) is 11.8 Å². The third kappa shape index (κ3) is 3.44. The molecule has 174 valence electrons. The number of rotatable bonds is 5. The van der Waals surface area contributed by atoms with E-state index in [-0.39, 0.29) is 29.3 Å². The first kappa shape index (κ1) is 21.8. The molecular formula is C25H26FN7O. The van der Waals surface area contributed by atoms with E-state index in [9.17, 15) is 4.79 Å². The third-order valence-corrected chi connectivity index (χ3v) is 6.93. The van der Waals surface area contributed by atoms with Crippen molar-refractivity contribution in [3.8, 4) is 11.1 Å². The van der Waals surface area contributed by atoms with Crippen LogP contribution in [0.1, 0.15) is 30.5 Å². The number of benzene rings is 1. The fourth-order valence-corrected chi connectivity index (χ4v) is 4.92. The zero-order valence-electron chi connectivity index (χ0n) is 19.2.